The van der Waals surface area contributed by atoms with E-state index in [4.69, 9.17) is 10.2 Å². The second kappa shape index (κ2) is 5.82. The zero-order valence-electron chi connectivity index (χ0n) is 9.65. The summed E-state index contributed by atoms with van der Waals surface area (Å²) in [6.07, 6.45) is 1.73. The third-order valence-corrected chi connectivity index (χ3v) is 4.00. The molecule has 0 fully saturated rings. The highest BCUT2D eigenvalue weighted by atomic mass is 79.9. The van der Waals surface area contributed by atoms with Gasteiger partial charge in [0.15, 0.2) is 0 Å². The zero-order chi connectivity index (χ0) is 12.3. The number of nitrogens with two attached hydrogens (primary N) is 1. The van der Waals surface area contributed by atoms with Crippen molar-refractivity contribution >= 4 is 27.3 Å². The fourth-order valence-corrected chi connectivity index (χ4v) is 2.88. The van der Waals surface area contributed by atoms with Crippen LogP contribution in [0, 0.1) is 0 Å². The summed E-state index contributed by atoms with van der Waals surface area (Å²) in [5.41, 5.74) is 7.91. The van der Waals surface area contributed by atoms with Gasteiger partial charge in [0.1, 0.15) is 5.76 Å². The van der Waals surface area contributed by atoms with Gasteiger partial charge in [-0.15, -0.1) is 11.3 Å². The average Bonchev–Trinajstić information content (AvgIpc) is 2.88. The summed E-state index contributed by atoms with van der Waals surface area (Å²) < 4.78 is 6.61. The maximum atomic E-state index is 5.54. The van der Waals surface area contributed by atoms with Crippen molar-refractivity contribution in [1.29, 1.82) is 0 Å². The molecule has 2 rings (SSSR count). The molecule has 17 heavy (non-hydrogen) atoms. The van der Waals surface area contributed by atoms with Gasteiger partial charge in [-0.1, -0.05) is 0 Å². The largest absolute Gasteiger partial charge is 0.468 e. The smallest absolute Gasteiger partial charge is 0.118 e. The molecular formula is C12H15BrN2OS. The van der Waals surface area contributed by atoms with Crippen LogP contribution in [-0.2, 0) is 19.6 Å². The Morgan fingerprint density at radius 1 is 1.35 bits per heavy atom. The molecule has 2 aromatic heterocycles. The van der Waals surface area contributed by atoms with E-state index in [1.54, 1.807) is 17.6 Å². The molecule has 5 heteroatoms. The van der Waals surface area contributed by atoms with Crippen LogP contribution in [0.2, 0.25) is 0 Å². The van der Waals surface area contributed by atoms with Gasteiger partial charge in [-0.3, -0.25) is 4.90 Å². The van der Waals surface area contributed by atoms with Gasteiger partial charge in [0.2, 0.25) is 0 Å². The summed E-state index contributed by atoms with van der Waals surface area (Å²) in [5, 5.41) is 2.16. The van der Waals surface area contributed by atoms with Gasteiger partial charge in [0.05, 0.1) is 16.6 Å². The van der Waals surface area contributed by atoms with Crippen molar-refractivity contribution < 1.29 is 4.42 Å². The molecule has 0 spiro atoms. The molecule has 0 bridgehead atoms. The van der Waals surface area contributed by atoms with Crippen molar-refractivity contribution in [2.24, 2.45) is 5.73 Å². The van der Waals surface area contributed by atoms with Gasteiger partial charge in [-0.25, -0.2) is 0 Å². The highest BCUT2D eigenvalue weighted by molar-refractivity contribution is 9.11. The monoisotopic (exact) mass is 314 g/mol. The predicted octanol–water partition coefficient (Wildman–Crippen LogP) is 3.19. The van der Waals surface area contributed by atoms with Gasteiger partial charge in [0.25, 0.3) is 0 Å². The average molecular weight is 315 g/mol. The van der Waals surface area contributed by atoms with Gasteiger partial charge in [-0.05, 0) is 46.1 Å². The van der Waals surface area contributed by atoms with E-state index in [2.05, 4.69) is 39.3 Å². The van der Waals surface area contributed by atoms with Crippen molar-refractivity contribution in [2.75, 3.05) is 7.05 Å². The molecule has 0 amide bonds. The van der Waals surface area contributed by atoms with Gasteiger partial charge in [0, 0.05) is 18.7 Å². The summed E-state index contributed by atoms with van der Waals surface area (Å²) in [4.78, 5) is 2.22. The van der Waals surface area contributed by atoms with E-state index in [0.717, 1.165) is 24.4 Å². The van der Waals surface area contributed by atoms with Crippen molar-refractivity contribution in [3.63, 3.8) is 0 Å². The first kappa shape index (κ1) is 12.8. The van der Waals surface area contributed by atoms with Crippen LogP contribution in [0.1, 0.15) is 16.9 Å². The summed E-state index contributed by atoms with van der Waals surface area (Å²) in [6, 6.07) is 4.16. The second-order valence-corrected chi connectivity index (χ2v) is 6.35. The van der Waals surface area contributed by atoms with Gasteiger partial charge in [-0.2, -0.15) is 0 Å². The first-order valence-corrected chi connectivity index (χ1v) is 7.02. The van der Waals surface area contributed by atoms with Gasteiger partial charge < -0.3 is 10.2 Å². The van der Waals surface area contributed by atoms with E-state index < -0.39 is 0 Å². The number of halogens is 1. The van der Waals surface area contributed by atoms with Crippen molar-refractivity contribution in [3.8, 4) is 0 Å². The van der Waals surface area contributed by atoms with Crippen LogP contribution in [0.15, 0.2) is 32.0 Å². The van der Waals surface area contributed by atoms with E-state index in [1.165, 1.54) is 9.35 Å². The molecule has 0 aromatic carbocycles. The highest BCUT2D eigenvalue weighted by Gasteiger charge is 2.06. The minimum absolute atomic E-state index is 0.532. The molecule has 92 valence electrons. The molecule has 2 N–H and O–H groups in total. The third kappa shape index (κ3) is 3.67. The topological polar surface area (TPSA) is 42.4 Å². The maximum Gasteiger partial charge on any atom is 0.118 e. The number of nitrogens with zero attached hydrogens (tertiary/aromatic N) is 1. The van der Waals surface area contributed by atoms with Crippen molar-refractivity contribution in [2.45, 2.75) is 19.6 Å². The fourth-order valence-electron chi connectivity index (χ4n) is 1.68. The molecule has 2 heterocycles. The van der Waals surface area contributed by atoms with Crippen LogP contribution in [0.4, 0.5) is 0 Å². The summed E-state index contributed by atoms with van der Waals surface area (Å²) in [7, 11) is 2.08. The third-order valence-electron chi connectivity index (χ3n) is 2.44. The van der Waals surface area contributed by atoms with Crippen LogP contribution < -0.4 is 5.73 Å². The SMILES string of the molecule is CN(Cc1csc(Br)c1)Cc1cc(CN)co1. The quantitative estimate of drug-likeness (QED) is 0.921. The molecule has 2 aromatic rings. The Hall–Kier alpha value is -0.620. The van der Waals surface area contributed by atoms with Crippen molar-refractivity contribution in [3.05, 3.63) is 44.4 Å². The Bertz CT molecular complexity index is 480. The van der Waals surface area contributed by atoms with Crippen LogP contribution in [0.3, 0.4) is 0 Å². The molecule has 0 saturated heterocycles. The summed E-state index contributed by atoms with van der Waals surface area (Å²) in [5.74, 6) is 0.960. The number of rotatable bonds is 5. The minimum Gasteiger partial charge on any atom is -0.468 e. The Labute approximate surface area is 113 Å². The molecule has 0 aliphatic heterocycles. The second-order valence-electron chi connectivity index (χ2n) is 4.06. The number of thiophene rings is 1. The van der Waals surface area contributed by atoms with E-state index in [-0.39, 0.29) is 0 Å². The predicted molar refractivity (Wildman–Crippen MR) is 73.8 cm³/mol. The fraction of sp³-hybridized carbons (Fsp3) is 0.333. The Morgan fingerprint density at radius 2 is 2.18 bits per heavy atom. The van der Waals surface area contributed by atoms with E-state index in [1.807, 2.05) is 6.07 Å². The van der Waals surface area contributed by atoms with Crippen LogP contribution in [-0.4, -0.2) is 11.9 Å². The summed E-state index contributed by atoms with van der Waals surface area (Å²) in [6.45, 7) is 2.25. The lowest BCUT2D eigenvalue weighted by molar-refractivity contribution is 0.288. The normalized spacial score (nSPS) is 11.3. The Morgan fingerprint density at radius 3 is 2.76 bits per heavy atom. The Balaban J connectivity index is 1.90. The van der Waals surface area contributed by atoms with E-state index in [0.29, 0.717) is 6.54 Å². The lowest BCUT2D eigenvalue weighted by Crippen LogP contribution is -2.16. The molecule has 0 unspecified atom stereocenters. The molecule has 0 atom stereocenters. The number of hydrogen-bond donors (Lipinski definition) is 1. The number of furan rings is 1. The molecule has 3 nitrogen and oxygen atoms in total. The molecule has 0 saturated carbocycles. The van der Waals surface area contributed by atoms with Crippen LogP contribution in [0.5, 0.6) is 0 Å². The molecular weight excluding hydrogens is 300 g/mol. The van der Waals surface area contributed by atoms with Crippen LogP contribution >= 0.6 is 27.3 Å². The highest BCUT2D eigenvalue weighted by Crippen LogP contribution is 2.22. The zero-order valence-corrected chi connectivity index (χ0v) is 12.1. The standard InChI is InChI=1S/C12H15BrN2OS/c1-15(5-10-3-12(13)17-8-10)6-11-2-9(4-14)7-16-11/h2-3,7-8H,4-6,14H2,1H3. The first-order valence-electron chi connectivity index (χ1n) is 5.35. The lowest BCUT2D eigenvalue weighted by Gasteiger charge is -2.13. The maximum absolute atomic E-state index is 5.54. The molecule has 0 aliphatic rings. The van der Waals surface area contributed by atoms with E-state index in [9.17, 15) is 0 Å². The molecule has 0 radical (unpaired) electrons. The first-order chi connectivity index (χ1) is 8.17. The molecule has 0 aliphatic carbocycles. The summed E-state index contributed by atoms with van der Waals surface area (Å²) >= 11 is 5.18. The van der Waals surface area contributed by atoms with Crippen molar-refractivity contribution in [1.82, 2.24) is 4.90 Å². The van der Waals surface area contributed by atoms with Crippen LogP contribution in [0.25, 0.3) is 0 Å². The lowest BCUT2D eigenvalue weighted by atomic mass is 10.3. The Kier molecular flexibility index (Phi) is 4.39. The number of hydrogen-bond acceptors (Lipinski definition) is 4. The minimum atomic E-state index is 0.532. The van der Waals surface area contributed by atoms with E-state index >= 15 is 0 Å². The van der Waals surface area contributed by atoms with Gasteiger partial charge >= 0.3 is 0 Å².